The van der Waals surface area contributed by atoms with E-state index in [2.05, 4.69) is 10.6 Å². The van der Waals surface area contributed by atoms with Crippen LogP contribution in [0.3, 0.4) is 0 Å². The number of carbonyl (C=O) groups is 1. The molecule has 0 heterocycles. The maximum atomic E-state index is 13.0. The molecule has 2 aliphatic rings. The fraction of sp³-hybridized carbons (Fsp3) is 0.519. The fourth-order valence-electron chi connectivity index (χ4n) is 4.73. The lowest BCUT2D eigenvalue weighted by molar-refractivity contribution is -0.137. The predicted octanol–water partition coefficient (Wildman–Crippen LogP) is 6.65. The fourth-order valence-corrected chi connectivity index (χ4v) is 4.73. The Bertz CT molecular complexity index is 990. The summed E-state index contributed by atoms with van der Waals surface area (Å²) in [5, 5.41) is 6.73. The summed E-state index contributed by atoms with van der Waals surface area (Å²) in [7, 11) is 0. The molecule has 2 N–H and O–H groups in total. The average Bonchev–Trinajstić information content (AvgIpc) is 3.52. The number of alkyl carbamates (subject to hydrolysis) is 1. The van der Waals surface area contributed by atoms with Gasteiger partial charge in [0.05, 0.1) is 5.56 Å². The maximum Gasteiger partial charge on any atom is 0.416 e. The molecular formula is C27H33F3N2O2. The number of hydrogen-bond acceptors (Lipinski definition) is 3. The Morgan fingerprint density at radius 3 is 2.18 bits per heavy atom. The summed E-state index contributed by atoms with van der Waals surface area (Å²) in [6.07, 6.45) is 0.267. The maximum absolute atomic E-state index is 13.0. The van der Waals surface area contributed by atoms with Crippen molar-refractivity contribution < 1.29 is 22.7 Å². The predicted molar refractivity (Wildman–Crippen MR) is 127 cm³/mol. The lowest BCUT2D eigenvalue weighted by atomic mass is 9.91. The van der Waals surface area contributed by atoms with Crippen molar-refractivity contribution in [1.82, 2.24) is 10.6 Å². The third-order valence-electron chi connectivity index (χ3n) is 6.55. The van der Waals surface area contributed by atoms with Gasteiger partial charge in [-0.1, -0.05) is 36.4 Å². The van der Waals surface area contributed by atoms with E-state index in [0.717, 1.165) is 43.7 Å². The first-order chi connectivity index (χ1) is 16.0. The van der Waals surface area contributed by atoms with Crippen LogP contribution in [0.15, 0.2) is 48.5 Å². The second-order valence-corrected chi connectivity index (χ2v) is 10.5. The highest BCUT2D eigenvalue weighted by molar-refractivity contribution is 5.68. The summed E-state index contributed by atoms with van der Waals surface area (Å²) >= 11 is 0. The summed E-state index contributed by atoms with van der Waals surface area (Å²) in [6.45, 7) is 5.58. The van der Waals surface area contributed by atoms with Gasteiger partial charge in [-0.25, -0.2) is 4.79 Å². The number of alkyl halides is 3. The van der Waals surface area contributed by atoms with E-state index in [9.17, 15) is 18.0 Å². The minimum atomic E-state index is -4.34. The molecule has 2 aromatic rings. The van der Waals surface area contributed by atoms with Gasteiger partial charge < -0.3 is 15.4 Å². The molecule has 2 aromatic carbocycles. The summed E-state index contributed by atoms with van der Waals surface area (Å²) in [5.41, 5.74) is 1.46. The van der Waals surface area contributed by atoms with E-state index < -0.39 is 17.3 Å². The van der Waals surface area contributed by atoms with Gasteiger partial charge in [-0.2, -0.15) is 13.2 Å². The van der Waals surface area contributed by atoms with E-state index in [-0.39, 0.29) is 12.1 Å². The summed E-state index contributed by atoms with van der Waals surface area (Å²) in [5.74, 6) is 0.438. The summed E-state index contributed by atoms with van der Waals surface area (Å²) in [4.78, 5) is 12.0. The van der Waals surface area contributed by atoms with Gasteiger partial charge in [-0.3, -0.25) is 0 Å². The molecule has 1 amide bonds. The van der Waals surface area contributed by atoms with Crippen LogP contribution in [-0.4, -0.2) is 29.8 Å². The minimum Gasteiger partial charge on any atom is -0.444 e. The van der Waals surface area contributed by atoms with E-state index in [4.69, 9.17) is 4.74 Å². The number of nitrogens with one attached hydrogen (secondary N) is 2. The Labute approximate surface area is 199 Å². The van der Waals surface area contributed by atoms with Gasteiger partial charge >= 0.3 is 12.3 Å². The van der Waals surface area contributed by atoms with E-state index in [0.29, 0.717) is 23.6 Å². The topological polar surface area (TPSA) is 50.4 Å². The first-order valence-electron chi connectivity index (χ1n) is 12.0. The number of benzene rings is 2. The van der Waals surface area contributed by atoms with Crippen LogP contribution in [0, 0.1) is 0 Å². The largest absolute Gasteiger partial charge is 0.444 e. The van der Waals surface area contributed by atoms with Crippen molar-refractivity contribution >= 4 is 6.09 Å². The van der Waals surface area contributed by atoms with Crippen LogP contribution in [0.25, 0.3) is 11.1 Å². The zero-order chi connectivity index (χ0) is 24.5. The van der Waals surface area contributed by atoms with Gasteiger partial charge in [0.2, 0.25) is 0 Å². The highest BCUT2D eigenvalue weighted by Crippen LogP contribution is 2.42. The van der Waals surface area contributed by atoms with Crippen molar-refractivity contribution in [2.45, 2.75) is 88.7 Å². The smallest absolute Gasteiger partial charge is 0.416 e. The molecule has 0 unspecified atom stereocenters. The Hall–Kier alpha value is -2.54. The second-order valence-electron chi connectivity index (χ2n) is 10.5. The first kappa shape index (κ1) is 24.6. The molecule has 0 aliphatic heterocycles. The van der Waals surface area contributed by atoms with Crippen molar-refractivity contribution in [3.8, 4) is 11.1 Å². The van der Waals surface area contributed by atoms with Gasteiger partial charge in [0, 0.05) is 24.0 Å². The van der Waals surface area contributed by atoms with E-state index in [1.54, 1.807) is 6.07 Å². The Morgan fingerprint density at radius 1 is 0.912 bits per heavy atom. The van der Waals surface area contributed by atoms with Gasteiger partial charge in [0.25, 0.3) is 0 Å². The number of ether oxygens (including phenoxy) is 1. The van der Waals surface area contributed by atoms with E-state index >= 15 is 0 Å². The molecule has 2 fully saturated rings. The van der Waals surface area contributed by atoms with E-state index in [1.807, 2.05) is 45.0 Å². The van der Waals surface area contributed by atoms with Gasteiger partial charge in [0.1, 0.15) is 5.60 Å². The lowest BCUT2D eigenvalue weighted by Crippen LogP contribution is -2.44. The standard InChI is InChI=1S/C27H33F3N2O2/c1-26(2,3)34-25(33)32-22-13-11-21(12-14-22)31-24-16-23(24)18-9-7-17(8-10-18)19-5-4-6-20(15-19)27(28,29)30/h4-10,15,21-24,31H,11-14,16H2,1-3H3,(H,32,33)/t21-,22-,23-,24+/m0/s1. The molecule has 0 radical (unpaired) electrons. The van der Waals surface area contributed by atoms with Crippen molar-refractivity contribution in [2.75, 3.05) is 0 Å². The third-order valence-corrected chi connectivity index (χ3v) is 6.55. The highest BCUT2D eigenvalue weighted by Gasteiger charge is 2.40. The van der Waals surface area contributed by atoms with Crippen molar-refractivity contribution in [3.05, 3.63) is 59.7 Å². The minimum absolute atomic E-state index is 0.159. The Morgan fingerprint density at radius 2 is 1.56 bits per heavy atom. The highest BCUT2D eigenvalue weighted by atomic mass is 19.4. The molecule has 34 heavy (non-hydrogen) atoms. The summed E-state index contributed by atoms with van der Waals surface area (Å²) < 4.78 is 44.4. The monoisotopic (exact) mass is 474 g/mol. The number of amides is 1. The molecule has 4 nitrogen and oxygen atoms in total. The molecule has 184 valence electrons. The summed E-state index contributed by atoms with van der Waals surface area (Å²) in [6, 6.07) is 14.4. The molecule has 0 bridgehead atoms. The van der Waals surface area contributed by atoms with Crippen LogP contribution in [0.4, 0.5) is 18.0 Å². The van der Waals surface area contributed by atoms with Crippen molar-refractivity contribution in [1.29, 1.82) is 0 Å². The SMILES string of the molecule is CC(C)(C)OC(=O)N[C@H]1CC[C@H](N[C@@H]2C[C@H]2c2ccc(-c3cccc(C(F)(F)F)c3)cc2)CC1. The van der Waals surface area contributed by atoms with Crippen molar-refractivity contribution in [3.63, 3.8) is 0 Å². The van der Waals surface area contributed by atoms with Gasteiger partial charge in [-0.15, -0.1) is 0 Å². The molecule has 4 rings (SSSR count). The molecule has 7 heteroatoms. The number of halogens is 3. The molecule has 0 aromatic heterocycles. The van der Waals surface area contributed by atoms with Gasteiger partial charge in [0.15, 0.2) is 0 Å². The Balaban J connectivity index is 1.25. The van der Waals surface area contributed by atoms with Crippen LogP contribution >= 0.6 is 0 Å². The molecule has 0 saturated heterocycles. The first-order valence-corrected chi connectivity index (χ1v) is 12.0. The van der Waals surface area contributed by atoms with Crippen molar-refractivity contribution in [2.24, 2.45) is 0 Å². The zero-order valence-corrected chi connectivity index (χ0v) is 19.9. The van der Waals surface area contributed by atoms with Crippen LogP contribution in [0.1, 0.15) is 69.9 Å². The molecule has 2 atom stereocenters. The van der Waals surface area contributed by atoms with Crippen LogP contribution in [0.2, 0.25) is 0 Å². The zero-order valence-electron chi connectivity index (χ0n) is 19.9. The third kappa shape index (κ3) is 6.53. The number of carbonyl (C=O) groups excluding carboxylic acids is 1. The van der Waals surface area contributed by atoms with Gasteiger partial charge in [-0.05, 0) is 81.7 Å². The molecule has 2 aliphatic carbocycles. The van der Waals surface area contributed by atoms with Crippen LogP contribution in [-0.2, 0) is 10.9 Å². The number of hydrogen-bond donors (Lipinski definition) is 2. The molecule has 0 spiro atoms. The number of rotatable bonds is 5. The Kier molecular flexibility index (Phi) is 6.94. The molecular weight excluding hydrogens is 441 g/mol. The second kappa shape index (κ2) is 9.61. The van der Waals surface area contributed by atoms with Crippen LogP contribution in [0.5, 0.6) is 0 Å². The normalized spacial score (nSPS) is 25.0. The quantitative estimate of drug-likeness (QED) is 0.510. The van der Waals surface area contributed by atoms with Crippen LogP contribution < -0.4 is 10.6 Å². The van der Waals surface area contributed by atoms with E-state index in [1.165, 1.54) is 17.7 Å². The molecule has 2 saturated carbocycles. The average molecular weight is 475 g/mol. The lowest BCUT2D eigenvalue weighted by Gasteiger charge is -2.30.